The van der Waals surface area contributed by atoms with E-state index >= 15 is 0 Å². The molecule has 0 aromatic heterocycles. The van der Waals surface area contributed by atoms with Gasteiger partial charge in [-0.2, -0.15) is 26.3 Å². The van der Waals surface area contributed by atoms with Gasteiger partial charge in [-0.15, -0.1) is 0 Å². The molecule has 1 amide bonds. The molecule has 1 aromatic carbocycles. The molecular weight excluding hydrogens is 280 g/mol. The van der Waals surface area contributed by atoms with Gasteiger partial charge in [-0.1, -0.05) is 0 Å². The van der Waals surface area contributed by atoms with Gasteiger partial charge in [0.05, 0.1) is 11.1 Å². The number of aldehydes is 1. The molecule has 0 spiro atoms. The molecule has 0 saturated carbocycles. The van der Waals surface area contributed by atoms with Crippen molar-refractivity contribution in [2.75, 3.05) is 0 Å². The zero-order chi connectivity index (χ0) is 15.0. The monoisotopic (exact) mass is 285 g/mol. The number of alkyl halides is 6. The van der Waals surface area contributed by atoms with E-state index in [1.807, 2.05) is 0 Å². The van der Waals surface area contributed by atoms with Crippen molar-refractivity contribution in [1.82, 2.24) is 0 Å². The standard InChI is InChI=1S/C10H5F6NO2/c11-9(12,13)6-1-4(8(17)19)2-7(5(6)3-18)10(14,15)16/h1-3H,(H2,17,19). The minimum absolute atomic E-state index is 0.112. The third-order valence-electron chi connectivity index (χ3n) is 2.19. The lowest BCUT2D eigenvalue weighted by atomic mass is 9.97. The summed E-state index contributed by atoms with van der Waals surface area (Å²) < 4.78 is 75.4. The number of carbonyl (C=O) groups is 2. The van der Waals surface area contributed by atoms with Crippen LogP contribution in [0.4, 0.5) is 26.3 Å². The van der Waals surface area contributed by atoms with E-state index in [4.69, 9.17) is 0 Å². The minimum Gasteiger partial charge on any atom is -0.366 e. The summed E-state index contributed by atoms with van der Waals surface area (Å²) in [6.07, 6.45) is -11.0. The average Bonchev–Trinajstić information content (AvgIpc) is 2.24. The minimum atomic E-state index is -5.22. The summed E-state index contributed by atoms with van der Waals surface area (Å²) in [6.45, 7) is 0. The smallest absolute Gasteiger partial charge is 0.366 e. The highest BCUT2D eigenvalue weighted by atomic mass is 19.4. The molecule has 0 saturated heterocycles. The molecule has 1 aromatic rings. The fourth-order valence-corrected chi connectivity index (χ4v) is 1.39. The molecule has 0 aliphatic rings. The molecule has 0 unspecified atom stereocenters. The summed E-state index contributed by atoms with van der Waals surface area (Å²) in [7, 11) is 0. The summed E-state index contributed by atoms with van der Waals surface area (Å²) in [5.41, 5.74) is -1.60. The molecular formula is C10H5F6NO2. The van der Waals surface area contributed by atoms with Gasteiger partial charge in [0.2, 0.25) is 5.91 Å². The van der Waals surface area contributed by atoms with E-state index in [0.29, 0.717) is 0 Å². The maximum Gasteiger partial charge on any atom is 0.417 e. The first kappa shape index (κ1) is 15.0. The lowest BCUT2D eigenvalue weighted by Crippen LogP contribution is -2.20. The van der Waals surface area contributed by atoms with Gasteiger partial charge in [0.15, 0.2) is 6.29 Å². The molecule has 3 nitrogen and oxygen atoms in total. The van der Waals surface area contributed by atoms with Crippen LogP contribution in [-0.4, -0.2) is 12.2 Å². The lowest BCUT2D eigenvalue weighted by Gasteiger charge is -2.16. The van der Waals surface area contributed by atoms with Crippen molar-refractivity contribution in [1.29, 1.82) is 0 Å². The van der Waals surface area contributed by atoms with E-state index in [-0.39, 0.29) is 12.1 Å². The van der Waals surface area contributed by atoms with Gasteiger partial charge < -0.3 is 5.73 Å². The fraction of sp³-hybridized carbons (Fsp3) is 0.200. The van der Waals surface area contributed by atoms with Crippen LogP contribution in [0.25, 0.3) is 0 Å². The Labute approximate surface area is 102 Å². The van der Waals surface area contributed by atoms with Crippen molar-refractivity contribution in [2.45, 2.75) is 12.4 Å². The first-order valence-corrected chi connectivity index (χ1v) is 4.56. The highest BCUT2D eigenvalue weighted by Gasteiger charge is 2.41. The number of halogens is 6. The average molecular weight is 285 g/mol. The fourth-order valence-electron chi connectivity index (χ4n) is 1.39. The molecule has 9 heteroatoms. The quantitative estimate of drug-likeness (QED) is 0.670. The van der Waals surface area contributed by atoms with E-state index in [1.54, 1.807) is 0 Å². The molecule has 0 aliphatic heterocycles. The second-order valence-corrected chi connectivity index (χ2v) is 3.46. The third kappa shape index (κ3) is 3.04. The Morgan fingerprint density at radius 3 is 1.58 bits per heavy atom. The number of nitrogens with two attached hydrogens (primary N) is 1. The summed E-state index contributed by atoms with van der Waals surface area (Å²) in [4.78, 5) is 21.3. The van der Waals surface area contributed by atoms with Crippen molar-refractivity contribution >= 4 is 12.2 Å². The first-order chi connectivity index (χ1) is 8.48. The molecule has 0 bridgehead atoms. The van der Waals surface area contributed by atoms with Crippen molar-refractivity contribution in [3.8, 4) is 0 Å². The van der Waals surface area contributed by atoms with Crippen molar-refractivity contribution in [3.63, 3.8) is 0 Å². The van der Waals surface area contributed by atoms with Crippen LogP contribution in [0, 0.1) is 0 Å². The van der Waals surface area contributed by atoms with Gasteiger partial charge in [0.1, 0.15) is 0 Å². The number of carbonyl (C=O) groups excluding carboxylic acids is 2. The topological polar surface area (TPSA) is 60.2 Å². The predicted octanol–water partition coefficient (Wildman–Crippen LogP) is 2.64. The van der Waals surface area contributed by atoms with E-state index in [9.17, 15) is 35.9 Å². The Kier molecular flexibility index (Phi) is 3.60. The highest BCUT2D eigenvalue weighted by molar-refractivity contribution is 5.95. The largest absolute Gasteiger partial charge is 0.417 e. The number of benzene rings is 1. The molecule has 0 fully saturated rings. The summed E-state index contributed by atoms with van der Waals surface area (Å²) in [5, 5.41) is 0. The van der Waals surface area contributed by atoms with E-state index in [2.05, 4.69) is 5.73 Å². The molecule has 0 atom stereocenters. The van der Waals surface area contributed by atoms with Crippen LogP contribution in [-0.2, 0) is 12.4 Å². The second-order valence-electron chi connectivity index (χ2n) is 3.46. The Hall–Kier alpha value is -2.06. The van der Waals surface area contributed by atoms with Gasteiger partial charge in [-0.05, 0) is 12.1 Å². The second kappa shape index (κ2) is 4.56. The van der Waals surface area contributed by atoms with E-state index in [0.717, 1.165) is 0 Å². The molecule has 0 radical (unpaired) electrons. The molecule has 2 N–H and O–H groups in total. The van der Waals surface area contributed by atoms with Gasteiger partial charge in [-0.3, -0.25) is 9.59 Å². The predicted molar refractivity (Wildman–Crippen MR) is 50.4 cm³/mol. The van der Waals surface area contributed by atoms with Gasteiger partial charge in [-0.25, -0.2) is 0 Å². The highest BCUT2D eigenvalue weighted by Crippen LogP contribution is 2.39. The Morgan fingerprint density at radius 1 is 1.00 bits per heavy atom. The van der Waals surface area contributed by atoms with Crippen LogP contribution in [0.1, 0.15) is 31.8 Å². The maximum absolute atomic E-state index is 12.6. The summed E-state index contributed by atoms with van der Waals surface area (Å²) in [5.74, 6) is -1.46. The number of amides is 1. The number of hydrogen-bond donors (Lipinski definition) is 1. The van der Waals surface area contributed by atoms with Crippen LogP contribution in [0.2, 0.25) is 0 Å². The SMILES string of the molecule is NC(=O)c1cc(C(F)(F)F)c(C=O)c(C(F)(F)F)c1. The van der Waals surface area contributed by atoms with Gasteiger partial charge in [0, 0.05) is 11.1 Å². The summed E-state index contributed by atoms with van der Waals surface area (Å²) >= 11 is 0. The number of rotatable bonds is 2. The van der Waals surface area contributed by atoms with Crippen LogP contribution >= 0.6 is 0 Å². The first-order valence-electron chi connectivity index (χ1n) is 4.56. The molecule has 104 valence electrons. The third-order valence-corrected chi connectivity index (χ3v) is 2.19. The summed E-state index contributed by atoms with van der Waals surface area (Å²) in [6, 6.07) is 0.225. The van der Waals surface area contributed by atoms with E-state index in [1.165, 1.54) is 0 Å². The van der Waals surface area contributed by atoms with Crippen LogP contribution < -0.4 is 5.73 Å². The molecule has 19 heavy (non-hydrogen) atoms. The zero-order valence-electron chi connectivity index (χ0n) is 8.89. The Morgan fingerprint density at radius 2 is 1.37 bits per heavy atom. The number of hydrogen-bond acceptors (Lipinski definition) is 2. The van der Waals surface area contributed by atoms with Gasteiger partial charge in [0.25, 0.3) is 0 Å². The molecule has 1 rings (SSSR count). The lowest BCUT2D eigenvalue weighted by molar-refractivity contribution is -0.143. The van der Waals surface area contributed by atoms with Crippen LogP contribution in [0.15, 0.2) is 12.1 Å². The van der Waals surface area contributed by atoms with Crippen LogP contribution in [0.5, 0.6) is 0 Å². The van der Waals surface area contributed by atoms with Crippen LogP contribution in [0.3, 0.4) is 0 Å². The molecule has 0 heterocycles. The van der Waals surface area contributed by atoms with E-state index < -0.39 is 46.8 Å². The molecule has 0 aliphatic carbocycles. The maximum atomic E-state index is 12.6. The Bertz CT molecular complexity index is 497. The van der Waals surface area contributed by atoms with Crippen molar-refractivity contribution in [2.24, 2.45) is 5.73 Å². The zero-order valence-corrected chi connectivity index (χ0v) is 8.89. The van der Waals surface area contributed by atoms with Crippen molar-refractivity contribution < 1.29 is 35.9 Å². The van der Waals surface area contributed by atoms with Crippen molar-refractivity contribution in [3.05, 3.63) is 34.4 Å². The normalized spacial score (nSPS) is 12.3. The number of primary amides is 1. The Balaban J connectivity index is 3.77. The van der Waals surface area contributed by atoms with Gasteiger partial charge >= 0.3 is 12.4 Å².